The van der Waals surface area contributed by atoms with Crippen molar-refractivity contribution in [2.45, 2.75) is 31.0 Å². The van der Waals surface area contributed by atoms with Gasteiger partial charge in [0, 0.05) is 17.9 Å². The van der Waals surface area contributed by atoms with E-state index in [1.807, 2.05) is 0 Å². The number of carbonyl (C=O) groups excluding carboxylic acids is 2. The third-order valence-electron chi connectivity index (χ3n) is 4.01. The quantitative estimate of drug-likeness (QED) is 0.122. The van der Waals surface area contributed by atoms with E-state index in [1.54, 1.807) is 0 Å². The van der Waals surface area contributed by atoms with Crippen molar-refractivity contribution in [3.05, 3.63) is 12.7 Å². The molecule has 0 aromatic carbocycles. The summed E-state index contributed by atoms with van der Waals surface area (Å²) in [7, 11) is 0. The number of fused-ring (bicyclic) bond motifs is 1. The number of nitrogen functional groups attached to an aromatic ring is 1. The normalized spacial score (nSPS) is 12.4. The molecular weight excluding hydrogens is 534 g/mol. The van der Waals surface area contributed by atoms with Gasteiger partial charge in [0.1, 0.15) is 36.5 Å². The standard InChI is InChI=1S/C10H17N3O6S.C5H5N5.C3H7NO2S/c11-5(10(18)19)1-2-7(14)13-6(4-20)9(17)12-3-8(15)16;6-4-3-5(9-1-7-3)10-2-8-4;4-2(1-7)3(5)6/h5-6,20H,1-4,11H2,(H,12,17)(H,13,14)(H,15,16)(H,18,19);1-2H,(H3,6,7,8,9,10);2,7H,1,4H2,(H,5,6)/t5-,6-;;2-/m0.0/s1. The van der Waals surface area contributed by atoms with Gasteiger partial charge in [-0.3, -0.25) is 24.0 Å². The number of thiol groups is 2. The smallest absolute Gasteiger partial charge is 0.322 e. The molecule has 2 aromatic rings. The Labute approximate surface area is 220 Å². The van der Waals surface area contributed by atoms with Gasteiger partial charge in [-0.15, -0.1) is 0 Å². The molecule has 3 atom stereocenters. The van der Waals surface area contributed by atoms with Crippen molar-refractivity contribution >= 4 is 72.0 Å². The molecule has 2 rings (SSSR count). The van der Waals surface area contributed by atoms with Gasteiger partial charge in [-0.1, -0.05) is 0 Å². The highest BCUT2D eigenvalue weighted by atomic mass is 32.1. The molecule has 17 nitrogen and oxygen atoms in total. The van der Waals surface area contributed by atoms with Crippen LogP contribution < -0.4 is 27.8 Å². The summed E-state index contributed by atoms with van der Waals surface area (Å²) in [5.74, 6) is -4.09. The van der Waals surface area contributed by atoms with Crippen LogP contribution in [-0.4, -0.2) is 101 Å². The Kier molecular flexibility index (Phi) is 15.9. The van der Waals surface area contributed by atoms with Gasteiger partial charge in [0.2, 0.25) is 11.8 Å². The number of imidazole rings is 1. The first kappa shape index (κ1) is 33.3. The first-order valence-electron chi connectivity index (χ1n) is 10.2. The summed E-state index contributed by atoms with van der Waals surface area (Å²) in [5.41, 5.74) is 16.9. The highest BCUT2D eigenvalue weighted by molar-refractivity contribution is 7.80. The van der Waals surface area contributed by atoms with Crippen LogP contribution in [0.5, 0.6) is 0 Å². The number of anilines is 1. The van der Waals surface area contributed by atoms with Crippen LogP contribution in [-0.2, 0) is 24.0 Å². The molecule has 0 fully saturated rings. The van der Waals surface area contributed by atoms with Crippen LogP contribution in [0.3, 0.4) is 0 Å². The first-order valence-corrected chi connectivity index (χ1v) is 11.5. The molecule has 206 valence electrons. The van der Waals surface area contributed by atoms with Crippen molar-refractivity contribution in [2.75, 3.05) is 23.8 Å². The summed E-state index contributed by atoms with van der Waals surface area (Å²) in [5, 5.41) is 29.4. The number of carboxylic acids is 3. The van der Waals surface area contributed by atoms with Crippen LogP contribution in [0.1, 0.15) is 12.8 Å². The zero-order chi connectivity index (χ0) is 28.5. The van der Waals surface area contributed by atoms with E-state index < -0.39 is 54.4 Å². The van der Waals surface area contributed by atoms with Crippen molar-refractivity contribution in [1.29, 1.82) is 0 Å². The van der Waals surface area contributed by atoms with Crippen LogP contribution >= 0.6 is 25.3 Å². The summed E-state index contributed by atoms with van der Waals surface area (Å²) >= 11 is 7.52. The molecule has 0 aliphatic rings. The Bertz CT molecular complexity index is 1060. The van der Waals surface area contributed by atoms with Gasteiger partial charge in [-0.2, -0.15) is 25.3 Å². The summed E-state index contributed by atoms with van der Waals surface area (Å²) in [6.07, 6.45) is 2.69. The lowest BCUT2D eigenvalue weighted by molar-refractivity contribution is -0.139. The summed E-state index contributed by atoms with van der Waals surface area (Å²) < 4.78 is 0. The topological polar surface area (TPSA) is 303 Å². The van der Waals surface area contributed by atoms with Gasteiger partial charge in [0.15, 0.2) is 11.5 Å². The minimum absolute atomic E-state index is 0.0256. The van der Waals surface area contributed by atoms with Crippen LogP contribution in [0, 0.1) is 0 Å². The third kappa shape index (κ3) is 13.8. The first-order chi connectivity index (χ1) is 17.3. The number of nitrogens with zero attached hydrogens (tertiary/aromatic N) is 3. The summed E-state index contributed by atoms with van der Waals surface area (Å²) in [6, 6.07) is -2.97. The summed E-state index contributed by atoms with van der Waals surface area (Å²) in [6.45, 7) is -0.567. The number of nitrogens with two attached hydrogens (primary N) is 3. The summed E-state index contributed by atoms with van der Waals surface area (Å²) in [4.78, 5) is 67.9. The average Bonchev–Trinajstić information content (AvgIpc) is 3.34. The molecular formula is C18H29N9O8S2. The van der Waals surface area contributed by atoms with Gasteiger partial charge in [0.05, 0.1) is 6.33 Å². The van der Waals surface area contributed by atoms with Crippen molar-refractivity contribution in [2.24, 2.45) is 11.5 Å². The minimum atomic E-state index is -1.22. The number of aromatic amines is 1. The largest absolute Gasteiger partial charge is 0.480 e. The fourth-order valence-electron chi connectivity index (χ4n) is 2.02. The molecule has 19 heteroatoms. The molecule has 12 N–H and O–H groups in total. The SMILES string of the molecule is N[C@@H](CCC(=O)N[C@@H](CS)C(=O)NCC(=O)O)C(=O)O.N[C@@H](CS)C(=O)O.Nc1ncnc2nc[nH]c12. The fourth-order valence-corrected chi connectivity index (χ4v) is 2.43. The number of aromatic nitrogens is 4. The molecule has 37 heavy (non-hydrogen) atoms. The van der Waals surface area contributed by atoms with E-state index in [1.165, 1.54) is 12.7 Å². The number of nitrogens with one attached hydrogen (secondary N) is 3. The Morgan fingerprint density at radius 3 is 2.05 bits per heavy atom. The maximum atomic E-state index is 11.5. The van der Waals surface area contributed by atoms with Crippen molar-refractivity contribution < 1.29 is 39.3 Å². The second kappa shape index (κ2) is 17.7. The number of amides is 2. The maximum absolute atomic E-state index is 11.5. The van der Waals surface area contributed by atoms with Gasteiger partial charge in [0.25, 0.3) is 0 Å². The lowest BCUT2D eigenvalue weighted by Crippen LogP contribution is -2.49. The van der Waals surface area contributed by atoms with Crippen molar-refractivity contribution in [3.8, 4) is 0 Å². The highest BCUT2D eigenvalue weighted by Crippen LogP contribution is 2.09. The van der Waals surface area contributed by atoms with Crippen LogP contribution in [0.4, 0.5) is 5.82 Å². The Balaban J connectivity index is 0.000000621. The van der Waals surface area contributed by atoms with Crippen LogP contribution in [0.25, 0.3) is 11.2 Å². The number of aliphatic carboxylic acids is 3. The zero-order valence-corrected chi connectivity index (χ0v) is 21.1. The molecule has 0 bridgehead atoms. The lowest BCUT2D eigenvalue weighted by atomic mass is 10.1. The number of carbonyl (C=O) groups is 5. The van der Waals surface area contributed by atoms with E-state index in [2.05, 4.69) is 55.8 Å². The van der Waals surface area contributed by atoms with Crippen molar-refractivity contribution in [1.82, 2.24) is 30.6 Å². The molecule has 0 saturated carbocycles. The molecule has 0 aliphatic heterocycles. The molecule has 2 heterocycles. The predicted octanol–water partition coefficient (Wildman–Crippen LogP) is -2.94. The van der Waals surface area contributed by atoms with E-state index >= 15 is 0 Å². The van der Waals surface area contributed by atoms with Gasteiger partial charge < -0.3 is 48.1 Å². The molecule has 0 aliphatic carbocycles. The van der Waals surface area contributed by atoms with Gasteiger partial charge in [-0.05, 0) is 6.42 Å². The van der Waals surface area contributed by atoms with Gasteiger partial charge in [-0.25, -0.2) is 15.0 Å². The fraction of sp³-hybridized carbons (Fsp3) is 0.444. The molecule has 0 radical (unpaired) electrons. The van der Waals surface area contributed by atoms with Crippen LogP contribution in [0.2, 0.25) is 0 Å². The van der Waals surface area contributed by atoms with E-state index in [0.717, 1.165) is 0 Å². The lowest BCUT2D eigenvalue weighted by Gasteiger charge is -2.16. The number of hydrogen-bond acceptors (Lipinski definition) is 13. The third-order valence-corrected chi connectivity index (χ3v) is 4.77. The Hall–Kier alpha value is -3.68. The highest BCUT2D eigenvalue weighted by Gasteiger charge is 2.21. The van der Waals surface area contributed by atoms with E-state index in [4.69, 9.17) is 32.5 Å². The Morgan fingerprint density at radius 1 is 0.973 bits per heavy atom. The number of carboxylic acid groups (broad SMARTS) is 3. The minimum Gasteiger partial charge on any atom is -0.480 e. The molecule has 0 spiro atoms. The number of H-pyrrole nitrogens is 1. The van der Waals surface area contributed by atoms with E-state index in [0.29, 0.717) is 17.0 Å². The molecule has 2 amide bonds. The van der Waals surface area contributed by atoms with Gasteiger partial charge >= 0.3 is 17.9 Å². The van der Waals surface area contributed by atoms with E-state index in [9.17, 15) is 24.0 Å². The van der Waals surface area contributed by atoms with Crippen LogP contribution in [0.15, 0.2) is 12.7 Å². The second-order valence-electron chi connectivity index (χ2n) is 6.88. The second-order valence-corrected chi connectivity index (χ2v) is 7.62. The monoisotopic (exact) mass is 563 g/mol. The molecule has 0 unspecified atom stereocenters. The average molecular weight is 564 g/mol. The zero-order valence-electron chi connectivity index (χ0n) is 19.3. The van der Waals surface area contributed by atoms with Crippen molar-refractivity contribution in [3.63, 3.8) is 0 Å². The number of hydrogen-bond donors (Lipinski definition) is 11. The predicted molar refractivity (Wildman–Crippen MR) is 137 cm³/mol. The molecule has 2 aromatic heterocycles. The molecule has 0 saturated heterocycles. The Morgan fingerprint density at radius 2 is 1.59 bits per heavy atom. The maximum Gasteiger partial charge on any atom is 0.322 e. The number of rotatable bonds is 11. The van der Waals surface area contributed by atoms with E-state index in [-0.39, 0.29) is 24.3 Å².